The summed E-state index contributed by atoms with van der Waals surface area (Å²) in [5.74, 6) is 0. The number of nitrogens with one attached hydrogen (secondary N) is 1. The molecule has 0 aliphatic carbocycles. The van der Waals surface area contributed by atoms with Gasteiger partial charge in [0.05, 0.1) is 10.7 Å². The fraction of sp³-hybridized carbons (Fsp3) is 0.467. The Hall–Kier alpha value is -1.55. The Morgan fingerprint density at radius 2 is 2.10 bits per heavy atom. The summed E-state index contributed by atoms with van der Waals surface area (Å²) < 4.78 is 5.18. The van der Waals surface area contributed by atoms with Crippen molar-refractivity contribution in [1.29, 1.82) is 0 Å². The highest BCUT2D eigenvalue weighted by atomic mass is 35.5. The van der Waals surface area contributed by atoms with Crippen LogP contribution in [0.1, 0.15) is 39.2 Å². The maximum Gasteiger partial charge on any atom is 0.412 e. The van der Waals surface area contributed by atoms with Crippen molar-refractivity contribution in [3.63, 3.8) is 0 Å². The van der Waals surface area contributed by atoms with Gasteiger partial charge in [0.2, 0.25) is 0 Å². The Bertz CT molecular complexity index is 480. The monoisotopic (exact) mass is 297 g/mol. The zero-order valence-corrected chi connectivity index (χ0v) is 12.8. The number of unbranched alkanes of at least 4 members (excludes halogenated alkanes) is 1. The number of aryl methyl sites for hydroxylation is 1. The molecule has 0 aliphatic rings. The Morgan fingerprint density at radius 3 is 2.70 bits per heavy atom. The van der Waals surface area contributed by atoms with Gasteiger partial charge >= 0.3 is 6.09 Å². The maximum atomic E-state index is 11.7. The van der Waals surface area contributed by atoms with Gasteiger partial charge in [-0.1, -0.05) is 17.7 Å². The second kappa shape index (κ2) is 7.29. The molecule has 20 heavy (non-hydrogen) atoms. The quantitative estimate of drug-likeness (QED) is 0.654. The van der Waals surface area contributed by atoms with E-state index in [1.165, 1.54) is 0 Å². The van der Waals surface area contributed by atoms with E-state index in [1.54, 1.807) is 32.9 Å². The van der Waals surface area contributed by atoms with E-state index in [1.807, 2.05) is 6.07 Å². The average molecular weight is 298 g/mol. The van der Waals surface area contributed by atoms with Gasteiger partial charge in [-0.05, 0) is 51.3 Å². The van der Waals surface area contributed by atoms with Gasteiger partial charge in [0.25, 0.3) is 0 Å². The summed E-state index contributed by atoms with van der Waals surface area (Å²) in [6.07, 6.45) is 2.42. The Labute approximate surface area is 124 Å². The molecule has 0 heterocycles. The van der Waals surface area contributed by atoms with Gasteiger partial charge in [-0.25, -0.2) is 4.79 Å². The molecule has 0 spiro atoms. The van der Waals surface area contributed by atoms with Gasteiger partial charge in [-0.2, -0.15) is 0 Å². The standard InChI is InChI=1S/C15H20ClNO3/c1-15(2,3)20-14(19)17-13-10-11(6-4-5-9-18)7-8-12(13)16/h7-10H,4-6H2,1-3H3,(H,17,19). The molecule has 1 aromatic carbocycles. The molecule has 110 valence electrons. The Kier molecular flexibility index (Phi) is 6.02. The SMILES string of the molecule is CC(C)(C)OC(=O)Nc1cc(CCCC=O)ccc1Cl. The summed E-state index contributed by atoms with van der Waals surface area (Å²) in [5, 5.41) is 3.09. The van der Waals surface area contributed by atoms with Crippen LogP contribution in [0.4, 0.5) is 10.5 Å². The molecule has 0 bridgehead atoms. The van der Waals surface area contributed by atoms with E-state index in [0.717, 1.165) is 24.7 Å². The Morgan fingerprint density at radius 1 is 1.40 bits per heavy atom. The molecule has 0 atom stereocenters. The van der Waals surface area contributed by atoms with Crippen LogP contribution in [0.5, 0.6) is 0 Å². The predicted octanol–water partition coefficient (Wildman–Crippen LogP) is 4.21. The van der Waals surface area contributed by atoms with Crippen LogP contribution >= 0.6 is 11.6 Å². The third-order valence-corrected chi connectivity index (χ3v) is 2.78. The maximum absolute atomic E-state index is 11.7. The molecule has 1 N–H and O–H groups in total. The summed E-state index contributed by atoms with van der Waals surface area (Å²) in [4.78, 5) is 22.0. The van der Waals surface area contributed by atoms with Crippen molar-refractivity contribution in [2.45, 2.75) is 45.6 Å². The first-order chi connectivity index (χ1) is 9.31. The van der Waals surface area contributed by atoms with Crippen molar-refractivity contribution in [1.82, 2.24) is 0 Å². The first kappa shape index (κ1) is 16.5. The molecule has 0 radical (unpaired) electrons. The molecule has 1 rings (SSSR count). The third kappa shape index (κ3) is 6.06. The van der Waals surface area contributed by atoms with E-state index >= 15 is 0 Å². The van der Waals surface area contributed by atoms with Crippen molar-refractivity contribution >= 4 is 29.7 Å². The molecule has 1 aromatic rings. The minimum Gasteiger partial charge on any atom is -0.444 e. The number of ether oxygens (including phenoxy) is 1. The molecule has 4 nitrogen and oxygen atoms in total. The number of anilines is 1. The van der Waals surface area contributed by atoms with E-state index in [2.05, 4.69) is 5.32 Å². The van der Waals surface area contributed by atoms with Crippen LogP contribution in [0.25, 0.3) is 0 Å². The van der Waals surface area contributed by atoms with Crippen LogP contribution in [0.15, 0.2) is 18.2 Å². The molecule has 0 aromatic heterocycles. The number of halogens is 1. The summed E-state index contributed by atoms with van der Waals surface area (Å²) in [6.45, 7) is 5.39. The second-order valence-corrected chi connectivity index (χ2v) is 5.91. The summed E-state index contributed by atoms with van der Waals surface area (Å²) >= 11 is 6.05. The average Bonchev–Trinajstić information content (AvgIpc) is 2.31. The smallest absolute Gasteiger partial charge is 0.412 e. The molecule has 0 saturated heterocycles. The highest BCUT2D eigenvalue weighted by Crippen LogP contribution is 2.24. The van der Waals surface area contributed by atoms with Gasteiger partial charge in [-0.3, -0.25) is 5.32 Å². The van der Waals surface area contributed by atoms with Crippen molar-refractivity contribution < 1.29 is 14.3 Å². The molecule has 0 fully saturated rings. The second-order valence-electron chi connectivity index (χ2n) is 5.50. The first-order valence-corrected chi connectivity index (χ1v) is 6.91. The van der Waals surface area contributed by atoms with Crippen molar-refractivity contribution in [2.75, 3.05) is 5.32 Å². The summed E-state index contributed by atoms with van der Waals surface area (Å²) in [6, 6.07) is 5.41. The van der Waals surface area contributed by atoms with Crippen molar-refractivity contribution in [2.24, 2.45) is 0 Å². The van der Waals surface area contributed by atoms with Gasteiger partial charge in [0, 0.05) is 6.42 Å². The number of aldehydes is 1. The normalized spacial score (nSPS) is 11.0. The van der Waals surface area contributed by atoms with Gasteiger partial charge in [-0.15, -0.1) is 0 Å². The summed E-state index contributed by atoms with van der Waals surface area (Å²) in [7, 11) is 0. The van der Waals surface area contributed by atoms with Crippen LogP contribution in [0.2, 0.25) is 5.02 Å². The van der Waals surface area contributed by atoms with Crippen LogP contribution in [-0.4, -0.2) is 18.0 Å². The number of carbonyl (C=O) groups is 2. The number of benzene rings is 1. The highest BCUT2D eigenvalue weighted by Gasteiger charge is 2.17. The topological polar surface area (TPSA) is 55.4 Å². The van der Waals surface area contributed by atoms with Crippen LogP contribution in [0.3, 0.4) is 0 Å². The number of hydrogen-bond acceptors (Lipinski definition) is 3. The minimum atomic E-state index is -0.557. The van der Waals surface area contributed by atoms with Crippen LogP contribution < -0.4 is 5.32 Å². The van der Waals surface area contributed by atoms with E-state index < -0.39 is 11.7 Å². The first-order valence-electron chi connectivity index (χ1n) is 6.54. The number of rotatable bonds is 5. The fourth-order valence-corrected chi connectivity index (χ4v) is 1.79. The minimum absolute atomic E-state index is 0.454. The lowest BCUT2D eigenvalue weighted by molar-refractivity contribution is -0.107. The van der Waals surface area contributed by atoms with Crippen molar-refractivity contribution in [3.05, 3.63) is 28.8 Å². The van der Waals surface area contributed by atoms with Crippen LogP contribution in [0, 0.1) is 0 Å². The number of carbonyl (C=O) groups excluding carboxylic acids is 2. The largest absolute Gasteiger partial charge is 0.444 e. The lowest BCUT2D eigenvalue weighted by Crippen LogP contribution is -2.27. The molecule has 0 saturated carbocycles. The molecular formula is C15H20ClNO3. The molecule has 5 heteroatoms. The lowest BCUT2D eigenvalue weighted by atomic mass is 10.1. The number of amides is 1. The van der Waals surface area contributed by atoms with E-state index in [9.17, 15) is 9.59 Å². The summed E-state index contributed by atoms with van der Waals surface area (Å²) in [5.41, 5.74) is 0.977. The molecule has 0 unspecified atom stereocenters. The molecule has 1 amide bonds. The highest BCUT2D eigenvalue weighted by molar-refractivity contribution is 6.33. The van der Waals surface area contributed by atoms with Crippen molar-refractivity contribution in [3.8, 4) is 0 Å². The number of hydrogen-bond donors (Lipinski definition) is 1. The van der Waals surface area contributed by atoms with E-state index in [-0.39, 0.29) is 0 Å². The van der Waals surface area contributed by atoms with E-state index in [0.29, 0.717) is 17.1 Å². The molecule has 0 aliphatic heterocycles. The predicted molar refractivity (Wildman–Crippen MR) is 80.3 cm³/mol. The van der Waals surface area contributed by atoms with Crippen LogP contribution in [-0.2, 0) is 16.0 Å². The van der Waals surface area contributed by atoms with Gasteiger partial charge in [0.15, 0.2) is 0 Å². The lowest BCUT2D eigenvalue weighted by Gasteiger charge is -2.20. The van der Waals surface area contributed by atoms with Gasteiger partial charge < -0.3 is 9.53 Å². The fourth-order valence-electron chi connectivity index (χ4n) is 1.63. The zero-order valence-electron chi connectivity index (χ0n) is 12.0. The van der Waals surface area contributed by atoms with Gasteiger partial charge in [0.1, 0.15) is 11.9 Å². The molecular weight excluding hydrogens is 278 g/mol. The van der Waals surface area contributed by atoms with E-state index in [4.69, 9.17) is 16.3 Å². The zero-order chi connectivity index (χ0) is 15.2. The third-order valence-electron chi connectivity index (χ3n) is 2.45. The Balaban J connectivity index is 2.71.